The lowest BCUT2D eigenvalue weighted by molar-refractivity contribution is -0.137. The molecule has 0 saturated heterocycles. The molecule has 0 aliphatic rings. The van der Waals surface area contributed by atoms with Gasteiger partial charge in [0.1, 0.15) is 12.0 Å². The van der Waals surface area contributed by atoms with Crippen LogP contribution in [0.1, 0.15) is 21.5 Å². The highest BCUT2D eigenvalue weighted by atomic mass is 19.4. The number of hydrogen-bond donors (Lipinski definition) is 1. The first-order chi connectivity index (χ1) is 10.9. The second-order valence-electron chi connectivity index (χ2n) is 4.63. The molecular formula is C17H18F3NO2. The summed E-state index contributed by atoms with van der Waals surface area (Å²) in [4.78, 5) is 10.1. The molecule has 2 aromatic carbocycles. The fourth-order valence-electron chi connectivity index (χ4n) is 1.75. The summed E-state index contributed by atoms with van der Waals surface area (Å²) in [6, 6.07) is 12.2. The van der Waals surface area contributed by atoms with Gasteiger partial charge in [-0.1, -0.05) is 24.3 Å². The van der Waals surface area contributed by atoms with Gasteiger partial charge in [0.25, 0.3) is 0 Å². The standard InChI is InChI=1S/C9H13NO.C8H5F3O/c1-11-9-4-2-8(3-5-9)6-7-10;9-8(10,11)7-3-1-2-6(4-7)5-12/h2-5H,6-7,10H2,1H3;1-5H. The van der Waals surface area contributed by atoms with E-state index in [2.05, 4.69) is 0 Å². The minimum absolute atomic E-state index is 0.0322. The number of nitrogens with two attached hydrogens (primary N) is 1. The molecule has 0 aliphatic heterocycles. The van der Waals surface area contributed by atoms with Crippen molar-refractivity contribution in [2.75, 3.05) is 13.7 Å². The van der Waals surface area contributed by atoms with Crippen molar-refractivity contribution in [3.8, 4) is 5.75 Å². The van der Waals surface area contributed by atoms with Crippen LogP contribution in [0.3, 0.4) is 0 Å². The van der Waals surface area contributed by atoms with Crippen molar-refractivity contribution >= 4 is 6.29 Å². The molecular weight excluding hydrogens is 307 g/mol. The number of carbonyl (C=O) groups is 1. The molecule has 0 spiro atoms. The molecule has 0 aliphatic carbocycles. The molecule has 0 heterocycles. The van der Waals surface area contributed by atoms with Crippen molar-refractivity contribution in [3.05, 3.63) is 65.2 Å². The summed E-state index contributed by atoms with van der Waals surface area (Å²) in [7, 11) is 1.66. The maximum atomic E-state index is 12.0. The van der Waals surface area contributed by atoms with Crippen molar-refractivity contribution in [3.63, 3.8) is 0 Å². The van der Waals surface area contributed by atoms with E-state index < -0.39 is 11.7 Å². The quantitative estimate of drug-likeness (QED) is 0.872. The monoisotopic (exact) mass is 325 g/mol. The Kier molecular flexibility index (Phi) is 7.28. The Morgan fingerprint density at radius 2 is 1.78 bits per heavy atom. The number of rotatable bonds is 4. The fourth-order valence-corrected chi connectivity index (χ4v) is 1.75. The molecule has 23 heavy (non-hydrogen) atoms. The Labute approximate surface area is 132 Å². The number of halogens is 3. The Hall–Kier alpha value is -2.34. The van der Waals surface area contributed by atoms with Gasteiger partial charge in [-0.3, -0.25) is 4.79 Å². The molecule has 3 nitrogen and oxygen atoms in total. The summed E-state index contributed by atoms with van der Waals surface area (Å²) in [5.74, 6) is 0.894. The van der Waals surface area contributed by atoms with E-state index in [4.69, 9.17) is 10.5 Å². The van der Waals surface area contributed by atoms with Gasteiger partial charge in [0, 0.05) is 5.56 Å². The molecule has 0 fully saturated rings. The van der Waals surface area contributed by atoms with Gasteiger partial charge in [0.2, 0.25) is 0 Å². The van der Waals surface area contributed by atoms with Crippen LogP contribution in [0.2, 0.25) is 0 Å². The first-order valence-corrected chi connectivity index (χ1v) is 6.86. The lowest BCUT2D eigenvalue weighted by Gasteiger charge is -2.05. The molecule has 2 aromatic rings. The average molecular weight is 325 g/mol. The smallest absolute Gasteiger partial charge is 0.416 e. The number of alkyl halides is 3. The number of benzene rings is 2. The normalized spacial score (nSPS) is 10.5. The molecule has 0 bridgehead atoms. The second kappa shape index (κ2) is 8.95. The lowest BCUT2D eigenvalue weighted by Crippen LogP contribution is -2.04. The van der Waals surface area contributed by atoms with Gasteiger partial charge in [-0.2, -0.15) is 13.2 Å². The van der Waals surface area contributed by atoms with Crippen molar-refractivity contribution in [1.29, 1.82) is 0 Å². The van der Waals surface area contributed by atoms with E-state index in [0.29, 0.717) is 12.8 Å². The lowest BCUT2D eigenvalue weighted by atomic mass is 10.1. The highest BCUT2D eigenvalue weighted by Gasteiger charge is 2.30. The SMILES string of the molecule is COc1ccc(CCN)cc1.O=Cc1cccc(C(F)(F)F)c1. The van der Waals surface area contributed by atoms with Gasteiger partial charge < -0.3 is 10.5 Å². The van der Waals surface area contributed by atoms with Crippen LogP contribution in [0, 0.1) is 0 Å². The van der Waals surface area contributed by atoms with Crippen molar-refractivity contribution in [2.24, 2.45) is 5.73 Å². The third-order valence-electron chi connectivity index (χ3n) is 2.94. The predicted octanol–water partition coefficient (Wildman–Crippen LogP) is 3.71. The Morgan fingerprint density at radius 1 is 1.13 bits per heavy atom. The number of aldehydes is 1. The summed E-state index contributed by atoms with van der Waals surface area (Å²) < 4.78 is 41.0. The van der Waals surface area contributed by atoms with Gasteiger partial charge in [0.15, 0.2) is 0 Å². The summed E-state index contributed by atoms with van der Waals surface area (Å²) in [6.07, 6.45) is -3.06. The third-order valence-corrected chi connectivity index (χ3v) is 2.94. The van der Waals surface area contributed by atoms with Crippen LogP contribution in [0.4, 0.5) is 13.2 Å². The molecule has 124 valence electrons. The van der Waals surface area contributed by atoms with Crippen molar-refractivity contribution in [1.82, 2.24) is 0 Å². The average Bonchev–Trinajstić information content (AvgIpc) is 2.56. The maximum Gasteiger partial charge on any atom is 0.416 e. The van der Waals surface area contributed by atoms with E-state index in [9.17, 15) is 18.0 Å². The van der Waals surface area contributed by atoms with Gasteiger partial charge >= 0.3 is 6.18 Å². The molecule has 2 rings (SSSR count). The summed E-state index contributed by atoms with van der Waals surface area (Å²) in [6.45, 7) is 0.701. The number of ether oxygens (including phenoxy) is 1. The van der Waals surface area contributed by atoms with Crippen LogP contribution in [-0.4, -0.2) is 19.9 Å². The second-order valence-corrected chi connectivity index (χ2v) is 4.63. The largest absolute Gasteiger partial charge is 0.497 e. The molecule has 0 saturated carbocycles. The van der Waals surface area contributed by atoms with Crippen LogP contribution in [0.25, 0.3) is 0 Å². The number of carbonyl (C=O) groups excluding carboxylic acids is 1. The highest BCUT2D eigenvalue weighted by molar-refractivity contribution is 5.74. The van der Waals surface area contributed by atoms with Crippen LogP contribution < -0.4 is 10.5 Å². The summed E-state index contributed by atoms with van der Waals surface area (Å²) >= 11 is 0. The molecule has 0 atom stereocenters. The predicted molar refractivity (Wildman–Crippen MR) is 82.6 cm³/mol. The van der Waals surface area contributed by atoms with E-state index in [1.165, 1.54) is 17.7 Å². The minimum Gasteiger partial charge on any atom is -0.497 e. The zero-order valence-corrected chi connectivity index (χ0v) is 12.6. The van der Waals surface area contributed by atoms with Gasteiger partial charge in [-0.25, -0.2) is 0 Å². The zero-order valence-electron chi connectivity index (χ0n) is 12.6. The van der Waals surface area contributed by atoms with Crippen molar-refractivity contribution < 1.29 is 22.7 Å². The molecule has 6 heteroatoms. The number of methoxy groups -OCH3 is 1. The summed E-state index contributed by atoms with van der Waals surface area (Å²) in [5.41, 5.74) is 5.89. The van der Waals surface area contributed by atoms with Gasteiger partial charge in [-0.05, 0) is 42.8 Å². The van der Waals surface area contributed by atoms with E-state index in [1.807, 2.05) is 24.3 Å². The highest BCUT2D eigenvalue weighted by Crippen LogP contribution is 2.29. The van der Waals surface area contributed by atoms with Crippen LogP contribution >= 0.6 is 0 Å². The third kappa shape index (κ3) is 6.52. The first-order valence-electron chi connectivity index (χ1n) is 6.86. The van der Waals surface area contributed by atoms with E-state index in [-0.39, 0.29) is 5.56 Å². The molecule has 0 amide bonds. The minimum atomic E-state index is -4.38. The zero-order chi connectivity index (χ0) is 17.3. The molecule has 0 aromatic heterocycles. The van der Waals surface area contributed by atoms with E-state index in [0.717, 1.165) is 24.3 Å². The molecule has 0 unspecified atom stereocenters. The van der Waals surface area contributed by atoms with Crippen LogP contribution in [0.5, 0.6) is 5.75 Å². The maximum absolute atomic E-state index is 12.0. The van der Waals surface area contributed by atoms with E-state index in [1.54, 1.807) is 7.11 Å². The Bertz CT molecular complexity index is 610. The van der Waals surface area contributed by atoms with Crippen molar-refractivity contribution in [2.45, 2.75) is 12.6 Å². The molecule has 0 radical (unpaired) electrons. The van der Waals surface area contributed by atoms with Gasteiger partial charge in [-0.15, -0.1) is 0 Å². The van der Waals surface area contributed by atoms with Gasteiger partial charge in [0.05, 0.1) is 12.7 Å². The van der Waals surface area contributed by atoms with E-state index >= 15 is 0 Å². The van der Waals surface area contributed by atoms with Crippen LogP contribution in [-0.2, 0) is 12.6 Å². The molecule has 2 N–H and O–H groups in total. The topological polar surface area (TPSA) is 52.3 Å². The number of hydrogen-bond acceptors (Lipinski definition) is 3. The van der Waals surface area contributed by atoms with Crippen LogP contribution in [0.15, 0.2) is 48.5 Å². The Balaban J connectivity index is 0.000000231. The Morgan fingerprint density at radius 3 is 2.26 bits per heavy atom. The summed E-state index contributed by atoms with van der Waals surface area (Å²) in [5, 5.41) is 0. The first kappa shape index (κ1) is 18.7. The fraction of sp³-hybridized carbons (Fsp3) is 0.235.